The van der Waals surface area contributed by atoms with Crippen molar-refractivity contribution in [2.24, 2.45) is 4.99 Å². The molecule has 1 amide bonds. The van der Waals surface area contributed by atoms with E-state index in [-0.39, 0.29) is 36.0 Å². The summed E-state index contributed by atoms with van der Waals surface area (Å²) in [6.07, 6.45) is 6.14. The summed E-state index contributed by atoms with van der Waals surface area (Å²) in [6.45, 7) is 8.89. The summed E-state index contributed by atoms with van der Waals surface area (Å²) >= 11 is 0. The largest absolute Gasteiger partial charge is 0.492 e. The van der Waals surface area contributed by atoms with Crippen molar-refractivity contribution in [2.75, 3.05) is 51.3 Å². The van der Waals surface area contributed by atoms with E-state index in [1.165, 1.54) is 19.8 Å². The Hall–Kier alpha value is -1.59. The van der Waals surface area contributed by atoms with Gasteiger partial charge in [0.05, 0.1) is 25.4 Å². The van der Waals surface area contributed by atoms with E-state index in [0.717, 1.165) is 69.5 Å². The number of piperidine rings is 1. The number of halogens is 1. The third kappa shape index (κ3) is 10.1. The second-order valence-electron chi connectivity index (χ2n) is 8.30. The first kappa shape index (κ1) is 27.7. The van der Waals surface area contributed by atoms with Gasteiger partial charge in [-0.15, -0.1) is 24.0 Å². The zero-order chi connectivity index (χ0) is 22.6. The highest BCUT2D eigenvalue weighted by Crippen LogP contribution is 2.19. The summed E-state index contributed by atoms with van der Waals surface area (Å²) in [7, 11) is 0. The SMILES string of the molecule is CCNC(=NCCOc1cccc(NC(C)=O)c1)N1CCC(OCC2CCCCO2)CC1.I. The first-order chi connectivity index (χ1) is 15.6. The maximum Gasteiger partial charge on any atom is 0.221 e. The third-order valence-corrected chi connectivity index (χ3v) is 5.64. The van der Waals surface area contributed by atoms with Crippen molar-refractivity contribution in [3.8, 4) is 5.75 Å². The molecular weight excluding hydrogens is 535 g/mol. The van der Waals surface area contributed by atoms with Gasteiger partial charge in [-0.2, -0.15) is 0 Å². The van der Waals surface area contributed by atoms with E-state index in [2.05, 4.69) is 22.5 Å². The Morgan fingerprint density at radius 2 is 2.06 bits per heavy atom. The van der Waals surface area contributed by atoms with Crippen LogP contribution in [0.2, 0.25) is 0 Å². The molecule has 1 atom stereocenters. The molecule has 1 unspecified atom stereocenters. The predicted octanol–water partition coefficient (Wildman–Crippen LogP) is 3.66. The van der Waals surface area contributed by atoms with Gasteiger partial charge in [0.15, 0.2) is 5.96 Å². The minimum absolute atomic E-state index is 0. The molecule has 2 heterocycles. The minimum Gasteiger partial charge on any atom is -0.492 e. The van der Waals surface area contributed by atoms with Crippen molar-refractivity contribution < 1.29 is 19.0 Å². The number of aliphatic imine (C=N–C) groups is 1. The van der Waals surface area contributed by atoms with Crippen LogP contribution in [0.5, 0.6) is 5.75 Å². The number of likely N-dealkylation sites (tertiary alicyclic amines) is 1. The number of carbonyl (C=O) groups excluding carboxylic acids is 1. The lowest BCUT2D eigenvalue weighted by molar-refractivity contribution is -0.114. The number of hydrogen-bond donors (Lipinski definition) is 2. The van der Waals surface area contributed by atoms with Gasteiger partial charge in [-0.25, -0.2) is 4.99 Å². The van der Waals surface area contributed by atoms with Gasteiger partial charge in [-0.05, 0) is 51.2 Å². The van der Waals surface area contributed by atoms with Crippen LogP contribution in [0.15, 0.2) is 29.3 Å². The van der Waals surface area contributed by atoms with E-state index in [1.807, 2.05) is 24.3 Å². The molecule has 2 N–H and O–H groups in total. The molecule has 0 bridgehead atoms. The first-order valence-electron chi connectivity index (χ1n) is 11.9. The number of amides is 1. The van der Waals surface area contributed by atoms with E-state index < -0.39 is 0 Å². The fraction of sp³-hybridized carbons (Fsp3) is 0.667. The molecule has 8 nitrogen and oxygen atoms in total. The normalized spacial score (nSPS) is 19.5. The van der Waals surface area contributed by atoms with Crippen LogP contribution in [0, 0.1) is 0 Å². The molecular formula is C24H39IN4O4. The quantitative estimate of drug-likeness (QED) is 0.203. The number of guanidine groups is 1. The van der Waals surface area contributed by atoms with Crippen molar-refractivity contribution in [1.29, 1.82) is 0 Å². The lowest BCUT2D eigenvalue weighted by Crippen LogP contribution is -2.47. The third-order valence-electron chi connectivity index (χ3n) is 5.64. The average Bonchev–Trinajstić information content (AvgIpc) is 2.81. The van der Waals surface area contributed by atoms with Gasteiger partial charge in [-0.3, -0.25) is 4.79 Å². The number of carbonyl (C=O) groups is 1. The number of rotatable bonds is 9. The standard InChI is InChI=1S/C24H38N4O4.HI/c1-3-25-24(26-12-16-31-22-9-6-7-20(17-22)27-19(2)29)28-13-10-21(11-14-28)32-18-23-8-4-5-15-30-23;/h6-7,9,17,21,23H,3-5,8,10-16,18H2,1-2H3,(H,25,26)(H,27,29);1H. The highest BCUT2D eigenvalue weighted by Gasteiger charge is 2.23. The topological polar surface area (TPSA) is 84.4 Å². The number of benzene rings is 1. The molecule has 1 aromatic carbocycles. The van der Waals surface area contributed by atoms with E-state index in [9.17, 15) is 4.79 Å². The van der Waals surface area contributed by atoms with Gasteiger partial charge in [-0.1, -0.05) is 6.07 Å². The second kappa shape index (κ2) is 15.3. The summed E-state index contributed by atoms with van der Waals surface area (Å²) < 4.78 is 17.7. The lowest BCUT2D eigenvalue weighted by Gasteiger charge is -2.35. The Morgan fingerprint density at radius 1 is 1.24 bits per heavy atom. The Morgan fingerprint density at radius 3 is 2.76 bits per heavy atom. The number of anilines is 1. The molecule has 0 aliphatic carbocycles. The molecule has 186 valence electrons. The maximum atomic E-state index is 11.2. The highest BCUT2D eigenvalue weighted by molar-refractivity contribution is 14.0. The van der Waals surface area contributed by atoms with E-state index >= 15 is 0 Å². The number of nitrogens with zero attached hydrogens (tertiary/aromatic N) is 2. The van der Waals surface area contributed by atoms with Gasteiger partial charge in [0.1, 0.15) is 12.4 Å². The summed E-state index contributed by atoms with van der Waals surface area (Å²) in [5.74, 6) is 1.55. The fourth-order valence-corrected chi connectivity index (χ4v) is 4.02. The summed E-state index contributed by atoms with van der Waals surface area (Å²) in [4.78, 5) is 18.3. The van der Waals surface area contributed by atoms with Crippen molar-refractivity contribution in [3.63, 3.8) is 0 Å². The molecule has 2 fully saturated rings. The Bertz CT molecular complexity index is 735. The van der Waals surface area contributed by atoms with Crippen LogP contribution in [0.3, 0.4) is 0 Å². The minimum atomic E-state index is -0.0986. The van der Waals surface area contributed by atoms with Crippen molar-refractivity contribution in [1.82, 2.24) is 10.2 Å². The van der Waals surface area contributed by atoms with Crippen LogP contribution < -0.4 is 15.4 Å². The molecule has 9 heteroatoms. The van der Waals surface area contributed by atoms with E-state index in [0.29, 0.717) is 19.3 Å². The van der Waals surface area contributed by atoms with Gasteiger partial charge in [0, 0.05) is 44.9 Å². The van der Waals surface area contributed by atoms with Crippen LogP contribution in [0.1, 0.15) is 46.0 Å². The van der Waals surface area contributed by atoms with E-state index in [4.69, 9.17) is 19.2 Å². The Kier molecular flexibility index (Phi) is 12.9. The number of hydrogen-bond acceptors (Lipinski definition) is 5. The highest BCUT2D eigenvalue weighted by atomic mass is 127. The summed E-state index contributed by atoms with van der Waals surface area (Å²) in [6, 6.07) is 7.40. The van der Waals surface area contributed by atoms with Gasteiger partial charge >= 0.3 is 0 Å². The summed E-state index contributed by atoms with van der Waals surface area (Å²) in [5.41, 5.74) is 0.729. The Labute approximate surface area is 214 Å². The second-order valence-corrected chi connectivity index (χ2v) is 8.30. The van der Waals surface area contributed by atoms with Crippen LogP contribution in [-0.4, -0.2) is 75.0 Å². The van der Waals surface area contributed by atoms with Crippen LogP contribution in [0.4, 0.5) is 5.69 Å². The van der Waals surface area contributed by atoms with Gasteiger partial charge < -0.3 is 29.7 Å². The maximum absolute atomic E-state index is 11.2. The van der Waals surface area contributed by atoms with Crippen LogP contribution in [-0.2, 0) is 14.3 Å². The number of ether oxygens (including phenoxy) is 3. The molecule has 2 aliphatic rings. The van der Waals surface area contributed by atoms with Gasteiger partial charge in [0.2, 0.25) is 5.91 Å². The first-order valence-corrected chi connectivity index (χ1v) is 11.9. The molecule has 1 aromatic rings. The zero-order valence-electron chi connectivity index (χ0n) is 19.9. The van der Waals surface area contributed by atoms with Gasteiger partial charge in [0.25, 0.3) is 0 Å². The van der Waals surface area contributed by atoms with Crippen molar-refractivity contribution in [3.05, 3.63) is 24.3 Å². The smallest absolute Gasteiger partial charge is 0.221 e. The molecule has 33 heavy (non-hydrogen) atoms. The number of nitrogens with one attached hydrogen (secondary N) is 2. The molecule has 0 saturated carbocycles. The van der Waals surface area contributed by atoms with Crippen LogP contribution in [0.25, 0.3) is 0 Å². The predicted molar refractivity (Wildman–Crippen MR) is 142 cm³/mol. The summed E-state index contributed by atoms with van der Waals surface area (Å²) in [5, 5.41) is 6.16. The van der Waals surface area contributed by atoms with Crippen molar-refractivity contribution in [2.45, 2.75) is 58.2 Å². The molecule has 2 aliphatic heterocycles. The molecule has 0 spiro atoms. The molecule has 0 aromatic heterocycles. The van der Waals surface area contributed by atoms with Crippen LogP contribution >= 0.6 is 24.0 Å². The monoisotopic (exact) mass is 574 g/mol. The molecule has 3 rings (SSSR count). The lowest BCUT2D eigenvalue weighted by atomic mass is 10.1. The average molecular weight is 575 g/mol. The molecule has 2 saturated heterocycles. The molecule has 0 radical (unpaired) electrons. The van der Waals surface area contributed by atoms with E-state index in [1.54, 1.807) is 0 Å². The fourth-order valence-electron chi connectivity index (χ4n) is 4.02. The zero-order valence-corrected chi connectivity index (χ0v) is 22.2. The van der Waals surface area contributed by atoms with Crippen molar-refractivity contribution >= 4 is 41.5 Å². The Balaban J connectivity index is 0.00000385.